The first-order valence-corrected chi connectivity index (χ1v) is 5.82. The molecule has 4 heteroatoms. The maximum Gasteiger partial charge on any atom is 0.764 e. The smallest absolute Gasteiger partial charge is 0.511 e. The van der Waals surface area contributed by atoms with Gasteiger partial charge in [-0.2, -0.15) is 0 Å². The normalized spacial score (nSPS) is 12.5. The number of hydrogen-bond donors (Lipinski definition) is 1. The molecule has 72 valence electrons. The third kappa shape index (κ3) is 6.33. The van der Waals surface area contributed by atoms with Crippen molar-refractivity contribution in [3.63, 3.8) is 0 Å². The minimum absolute atomic E-state index is 0.435. The van der Waals surface area contributed by atoms with Crippen LogP contribution in [0, 0.1) is 5.92 Å². The Morgan fingerprint density at radius 2 is 2.17 bits per heavy atom. The summed E-state index contributed by atoms with van der Waals surface area (Å²) in [5, 5.41) is 0. The molecule has 0 aromatic rings. The van der Waals surface area contributed by atoms with Gasteiger partial charge in [-0.3, -0.25) is 4.46 Å². The van der Waals surface area contributed by atoms with Crippen LogP contribution in [0.4, 0.5) is 0 Å². The van der Waals surface area contributed by atoms with Gasteiger partial charge in [0.25, 0.3) is 0 Å². The monoisotopic (exact) mass is 190 g/mol. The lowest BCUT2D eigenvalue weighted by atomic mass is 10.0. The van der Waals surface area contributed by atoms with Crippen LogP contribution in [0.2, 0.25) is 0 Å². The summed E-state index contributed by atoms with van der Waals surface area (Å²) in [5.41, 5.74) is 0. The van der Waals surface area contributed by atoms with Gasteiger partial charge in [-0.15, -0.1) is 0 Å². The highest BCUT2D eigenvalue weighted by Crippen LogP contribution is 2.12. The van der Waals surface area contributed by atoms with Crippen LogP contribution in [0.5, 0.6) is 0 Å². The molecule has 0 rings (SSSR count). The summed E-state index contributed by atoms with van der Waals surface area (Å²) in [5.74, 6) is 0.450. The van der Waals surface area contributed by atoms with Crippen LogP contribution in [-0.2, 0) is 8.89 Å². The topological polar surface area (TPSA) is 46.5 Å². The van der Waals surface area contributed by atoms with Gasteiger partial charge in [-0.25, -0.2) is 0 Å². The van der Waals surface area contributed by atoms with Crippen LogP contribution in [0.1, 0.15) is 39.5 Å². The van der Waals surface area contributed by atoms with E-state index in [4.69, 9.17) is 9.22 Å². The zero-order valence-corrected chi connectivity index (χ0v) is 8.88. The first-order valence-electron chi connectivity index (χ1n) is 4.56. The summed E-state index contributed by atoms with van der Waals surface area (Å²) in [4.78, 5) is 8.45. The Kier molecular flexibility index (Phi) is 7.04. The highest BCUT2D eigenvalue weighted by molar-refractivity contribution is 6.24. The summed E-state index contributed by atoms with van der Waals surface area (Å²) in [7, 11) is -2.71. The van der Waals surface area contributed by atoms with Crippen molar-refractivity contribution in [2.45, 2.75) is 39.5 Å². The predicted octanol–water partition coefficient (Wildman–Crippen LogP) is 1.63. The molecule has 0 spiro atoms. The van der Waals surface area contributed by atoms with Crippen molar-refractivity contribution in [2.75, 3.05) is 6.61 Å². The Bertz CT molecular complexity index is 127. The Hall–Kier alpha value is -0.383. The van der Waals surface area contributed by atoms with E-state index in [0.29, 0.717) is 12.5 Å². The molecule has 0 saturated heterocycles. The third-order valence-electron chi connectivity index (χ3n) is 1.99. The van der Waals surface area contributed by atoms with E-state index in [9.17, 15) is 4.46 Å². The van der Waals surface area contributed by atoms with Crippen LogP contribution >= 0.6 is 0 Å². The number of hydrogen-bond acceptors (Lipinski definition) is 2. The lowest BCUT2D eigenvalue weighted by Gasteiger charge is -2.12. The summed E-state index contributed by atoms with van der Waals surface area (Å²) in [6.07, 6.45) is 4.47. The first-order chi connectivity index (χ1) is 5.70. The van der Waals surface area contributed by atoms with E-state index in [-0.39, 0.29) is 0 Å². The van der Waals surface area contributed by atoms with E-state index >= 15 is 0 Å². The molecule has 12 heavy (non-hydrogen) atoms. The van der Waals surface area contributed by atoms with Crippen molar-refractivity contribution < 1.29 is 13.7 Å². The van der Waals surface area contributed by atoms with E-state index in [1.165, 1.54) is 12.8 Å². The van der Waals surface area contributed by atoms with Crippen LogP contribution in [0.25, 0.3) is 0 Å². The molecule has 3 nitrogen and oxygen atoms in total. The molecule has 0 aromatic carbocycles. The number of rotatable bonds is 7. The Morgan fingerprint density at radius 1 is 1.50 bits per heavy atom. The van der Waals surface area contributed by atoms with Gasteiger partial charge in [0.2, 0.25) is 0 Å². The second kappa shape index (κ2) is 7.28. The van der Waals surface area contributed by atoms with Crippen LogP contribution in [0.15, 0.2) is 0 Å². The molecule has 1 N–H and O–H groups in total. The van der Waals surface area contributed by atoms with Crippen molar-refractivity contribution in [3.05, 3.63) is 0 Å². The van der Waals surface area contributed by atoms with Gasteiger partial charge in [0.15, 0.2) is 0 Å². The summed E-state index contributed by atoms with van der Waals surface area (Å²) in [6.45, 7) is 4.66. The van der Waals surface area contributed by atoms with E-state index in [2.05, 4.69) is 13.8 Å². The second-order valence-electron chi connectivity index (χ2n) is 2.99. The van der Waals surface area contributed by atoms with Gasteiger partial charge in [0, 0.05) is 0 Å². The predicted molar refractivity (Wildman–Crippen MR) is 47.9 cm³/mol. The van der Waals surface area contributed by atoms with Crippen LogP contribution in [-0.4, -0.2) is 20.6 Å². The molecule has 0 amide bonds. The number of unbranched alkanes of at least 4 members (excludes halogenated alkanes) is 1. The largest absolute Gasteiger partial charge is 0.764 e. The van der Waals surface area contributed by atoms with E-state index in [1.54, 1.807) is 0 Å². The molecule has 0 aliphatic heterocycles. The Balaban J connectivity index is 3.45. The van der Waals surface area contributed by atoms with Crippen LogP contribution in [0.3, 0.4) is 0 Å². The molecule has 1 atom stereocenters. The molecular weight excluding hydrogens is 172 g/mol. The fourth-order valence-corrected chi connectivity index (χ4v) is 1.47. The highest BCUT2D eigenvalue weighted by atomic mass is 28.3. The molecule has 0 aromatic heterocycles. The maximum absolute atomic E-state index is 10.3. The minimum atomic E-state index is -2.71. The van der Waals surface area contributed by atoms with Crippen molar-refractivity contribution in [1.82, 2.24) is 0 Å². The SMILES string of the molecule is CCCCC(CC)CO[Si](=O)O. The highest BCUT2D eigenvalue weighted by Gasteiger charge is 2.10. The summed E-state index contributed by atoms with van der Waals surface area (Å²) >= 11 is 0. The maximum atomic E-state index is 10.3. The molecule has 0 saturated carbocycles. The van der Waals surface area contributed by atoms with Gasteiger partial charge >= 0.3 is 9.17 Å². The van der Waals surface area contributed by atoms with E-state index in [0.717, 1.165) is 12.8 Å². The molecule has 0 aliphatic rings. The molecule has 0 bridgehead atoms. The van der Waals surface area contributed by atoms with Crippen molar-refractivity contribution >= 4 is 9.17 Å². The van der Waals surface area contributed by atoms with Crippen molar-refractivity contribution in [2.24, 2.45) is 5.92 Å². The molecule has 0 fully saturated rings. The fraction of sp³-hybridized carbons (Fsp3) is 1.00. The van der Waals surface area contributed by atoms with E-state index in [1.807, 2.05) is 0 Å². The van der Waals surface area contributed by atoms with Gasteiger partial charge in [0.05, 0.1) is 6.61 Å². The molecule has 1 unspecified atom stereocenters. The van der Waals surface area contributed by atoms with E-state index < -0.39 is 9.17 Å². The Morgan fingerprint density at radius 3 is 2.58 bits per heavy atom. The molecular formula is C8H18O3Si. The second-order valence-corrected chi connectivity index (χ2v) is 3.81. The van der Waals surface area contributed by atoms with Crippen LogP contribution < -0.4 is 0 Å². The van der Waals surface area contributed by atoms with Gasteiger partial charge in [0.1, 0.15) is 0 Å². The van der Waals surface area contributed by atoms with Gasteiger partial charge < -0.3 is 9.22 Å². The first kappa shape index (κ1) is 11.6. The van der Waals surface area contributed by atoms with Crippen molar-refractivity contribution in [3.8, 4) is 0 Å². The standard InChI is InChI=1S/C8H18O3Si/c1-3-5-6-8(4-2)7-11-12(9)10/h8-9H,3-7H2,1-2H3. The average Bonchev–Trinajstić information content (AvgIpc) is 2.05. The minimum Gasteiger partial charge on any atom is -0.511 e. The van der Waals surface area contributed by atoms with Crippen molar-refractivity contribution in [1.29, 1.82) is 0 Å². The van der Waals surface area contributed by atoms with Gasteiger partial charge in [-0.1, -0.05) is 33.1 Å². The zero-order chi connectivity index (χ0) is 9.40. The quantitative estimate of drug-likeness (QED) is 0.621. The average molecular weight is 190 g/mol. The summed E-state index contributed by atoms with van der Waals surface area (Å²) in [6, 6.07) is 0. The molecule has 0 heterocycles. The lowest BCUT2D eigenvalue weighted by Crippen LogP contribution is -2.14. The Labute approximate surface area is 75.7 Å². The third-order valence-corrected chi connectivity index (χ3v) is 2.40. The zero-order valence-electron chi connectivity index (χ0n) is 7.88. The summed E-state index contributed by atoms with van der Waals surface area (Å²) < 4.78 is 15.0. The molecule has 0 aliphatic carbocycles. The lowest BCUT2D eigenvalue weighted by molar-refractivity contribution is 0.177. The molecule has 0 radical (unpaired) electrons. The van der Waals surface area contributed by atoms with Gasteiger partial charge in [-0.05, 0) is 12.3 Å². The fourth-order valence-electron chi connectivity index (χ4n) is 1.09.